The number of nitrogens with two attached hydrogens (primary N) is 1. The van der Waals surface area contributed by atoms with Gasteiger partial charge in [-0.25, -0.2) is 0 Å². The lowest BCUT2D eigenvalue weighted by atomic mass is 10.1. The van der Waals surface area contributed by atoms with E-state index in [-0.39, 0.29) is 6.04 Å². The third kappa shape index (κ3) is 3.06. The van der Waals surface area contributed by atoms with E-state index < -0.39 is 0 Å². The van der Waals surface area contributed by atoms with Gasteiger partial charge in [-0.1, -0.05) is 6.92 Å². The Morgan fingerprint density at radius 2 is 2.41 bits per heavy atom. The summed E-state index contributed by atoms with van der Waals surface area (Å²) >= 11 is 2.08. The lowest BCUT2D eigenvalue weighted by Gasteiger charge is -2.36. The Labute approximate surface area is 108 Å². The highest BCUT2D eigenvalue weighted by molar-refractivity contribution is 8.00. The summed E-state index contributed by atoms with van der Waals surface area (Å²) in [6.45, 7) is 7.12. The van der Waals surface area contributed by atoms with Gasteiger partial charge in [-0.3, -0.25) is 4.90 Å². The van der Waals surface area contributed by atoms with Gasteiger partial charge in [-0.15, -0.1) is 0 Å². The largest absolute Gasteiger partial charge is 0.465 e. The van der Waals surface area contributed by atoms with Crippen LogP contribution in [-0.2, 0) is 0 Å². The molecule has 2 heterocycles. The zero-order valence-corrected chi connectivity index (χ0v) is 11.5. The van der Waals surface area contributed by atoms with Crippen LogP contribution in [0.5, 0.6) is 0 Å². The minimum absolute atomic E-state index is 0.249. The van der Waals surface area contributed by atoms with Gasteiger partial charge >= 0.3 is 0 Å². The van der Waals surface area contributed by atoms with Crippen LogP contribution in [0.15, 0.2) is 16.5 Å². The number of nitrogens with zero attached hydrogens (tertiary/aromatic N) is 1. The molecular formula is C13H22N2OS. The Morgan fingerprint density at radius 3 is 3.00 bits per heavy atom. The molecule has 1 aliphatic rings. The van der Waals surface area contributed by atoms with Crippen molar-refractivity contribution in [3.8, 4) is 0 Å². The molecule has 4 heteroatoms. The molecule has 0 radical (unpaired) electrons. The first-order chi connectivity index (χ1) is 8.24. The van der Waals surface area contributed by atoms with Gasteiger partial charge in [-0.05, 0) is 25.5 Å². The summed E-state index contributed by atoms with van der Waals surface area (Å²) in [4.78, 5) is 2.48. The molecule has 0 aliphatic carbocycles. The van der Waals surface area contributed by atoms with Crippen LogP contribution in [-0.4, -0.2) is 35.5 Å². The SMILES string of the molecule is CCC1CN(C(CN)c2ccc(C)o2)CCS1. The predicted molar refractivity (Wildman–Crippen MR) is 73.4 cm³/mol. The van der Waals surface area contributed by atoms with Crippen LogP contribution >= 0.6 is 11.8 Å². The van der Waals surface area contributed by atoms with Gasteiger partial charge in [0, 0.05) is 30.6 Å². The van der Waals surface area contributed by atoms with Gasteiger partial charge in [-0.2, -0.15) is 11.8 Å². The number of aryl methyl sites for hydroxylation is 1. The van der Waals surface area contributed by atoms with Crippen LogP contribution in [0.1, 0.15) is 30.9 Å². The summed E-state index contributed by atoms with van der Waals surface area (Å²) in [6, 6.07) is 4.34. The molecular weight excluding hydrogens is 232 g/mol. The second-order valence-electron chi connectivity index (χ2n) is 4.60. The number of rotatable bonds is 4. The smallest absolute Gasteiger partial charge is 0.122 e. The molecule has 1 aliphatic heterocycles. The molecule has 0 saturated carbocycles. The topological polar surface area (TPSA) is 42.4 Å². The molecule has 2 N–H and O–H groups in total. The molecule has 0 aromatic carbocycles. The van der Waals surface area contributed by atoms with E-state index in [1.54, 1.807) is 0 Å². The van der Waals surface area contributed by atoms with Crippen molar-refractivity contribution in [2.45, 2.75) is 31.6 Å². The first-order valence-electron chi connectivity index (χ1n) is 6.36. The van der Waals surface area contributed by atoms with Crippen LogP contribution in [0, 0.1) is 6.92 Å². The molecule has 1 fully saturated rings. The van der Waals surface area contributed by atoms with Crippen molar-refractivity contribution >= 4 is 11.8 Å². The standard InChI is InChI=1S/C13H22N2OS/c1-3-11-9-15(6-7-17-11)12(8-14)13-5-4-10(2)16-13/h4-5,11-12H,3,6-9,14H2,1-2H3. The van der Waals surface area contributed by atoms with Gasteiger partial charge in [0.05, 0.1) is 6.04 Å². The first-order valence-corrected chi connectivity index (χ1v) is 7.41. The first kappa shape index (κ1) is 13.0. The maximum Gasteiger partial charge on any atom is 0.122 e. The average Bonchev–Trinajstić information content (AvgIpc) is 2.77. The fourth-order valence-electron chi connectivity index (χ4n) is 2.35. The zero-order valence-electron chi connectivity index (χ0n) is 10.7. The van der Waals surface area contributed by atoms with Crippen LogP contribution in [0.3, 0.4) is 0 Å². The van der Waals surface area contributed by atoms with Crippen molar-refractivity contribution in [1.29, 1.82) is 0 Å². The number of furan rings is 1. The fourth-order valence-corrected chi connectivity index (χ4v) is 3.56. The Bertz CT molecular complexity index is 353. The summed E-state index contributed by atoms with van der Waals surface area (Å²) in [7, 11) is 0. The van der Waals surface area contributed by atoms with Crippen molar-refractivity contribution in [2.24, 2.45) is 5.73 Å². The highest BCUT2D eigenvalue weighted by atomic mass is 32.2. The summed E-state index contributed by atoms with van der Waals surface area (Å²) < 4.78 is 5.73. The van der Waals surface area contributed by atoms with Crippen LogP contribution < -0.4 is 5.73 Å². The van der Waals surface area contributed by atoms with E-state index in [0.717, 1.165) is 29.9 Å². The molecule has 2 unspecified atom stereocenters. The second kappa shape index (κ2) is 5.94. The van der Waals surface area contributed by atoms with Crippen LogP contribution in [0.2, 0.25) is 0 Å². The summed E-state index contributed by atoms with van der Waals surface area (Å²) in [5.41, 5.74) is 5.92. The molecule has 0 bridgehead atoms. The molecule has 17 heavy (non-hydrogen) atoms. The van der Waals surface area contributed by atoms with Crippen molar-refractivity contribution in [3.05, 3.63) is 23.7 Å². The highest BCUT2D eigenvalue weighted by Gasteiger charge is 2.27. The Balaban J connectivity index is 2.07. The lowest BCUT2D eigenvalue weighted by Crippen LogP contribution is -2.42. The van der Waals surface area contributed by atoms with Gasteiger partial charge in [0.25, 0.3) is 0 Å². The fraction of sp³-hybridized carbons (Fsp3) is 0.692. The quantitative estimate of drug-likeness (QED) is 0.896. The van der Waals surface area contributed by atoms with Gasteiger partial charge in [0.2, 0.25) is 0 Å². The van der Waals surface area contributed by atoms with E-state index in [2.05, 4.69) is 29.7 Å². The van der Waals surface area contributed by atoms with E-state index in [9.17, 15) is 0 Å². The van der Waals surface area contributed by atoms with E-state index >= 15 is 0 Å². The number of thioether (sulfide) groups is 1. The summed E-state index contributed by atoms with van der Waals surface area (Å²) in [6.07, 6.45) is 1.23. The molecule has 1 aromatic rings. The van der Waals surface area contributed by atoms with Gasteiger partial charge in [0.15, 0.2) is 0 Å². The van der Waals surface area contributed by atoms with Crippen molar-refractivity contribution in [2.75, 3.05) is 25.4 Å². The molecule has 2 rings (SSSR count). The third-order valence-corrected chi connectivity index (χ3v) is 4.75. The normalized spacial score (nSPS) is 23.8. The molecule has 0 amide bonds. The zero-order chi connectivity index (χ0) is 12.3. The van der Waals surface area contributed by atoms with E-state index in [0.29, 0.717) is 6.54 Å². The number of hydrogen-bond acceptors (Lipinski definition) is 4. The highest BCUT2D eigenvalue weighted by Crippen LogP contribution is 2.28. The molecule has 1 saturated heterocycles. The minimum atomic E-state index is 0.249. The maximum atomic E-state index is 5.92. The molecule has 0 spiro atoms. The Morgan fingerprint density at radius 1 is 1.59 bits per heavy atom. The van der Waals surface area contributed by atoms with E-state index in [1.165, 1.54) is 12.2 Å². The van der Waals surface area contributed by atoms with Gasteiger partial charge < -0.3 is 10.2 Å². The van der Waals surface area contributed by atoms with Crippen LogP contribution in [0.4, 0.5) is 0 Å². The second-order valence-corrected chi connectivity index (χ2v) is 6.00. The van der Waals surface area contributed by atoms with Gasteiger partial charge in [0.1, 0.15) is 11.5 Å². The maximum absolute atomic E-state index is 5.92. The molecule has 1 aromatic heterocycles. The lowest BCUT2D eigenvalue weighted by molar-refractivity contribution is 0.183. The van der Waals surface area contributed by atoms with Crippen molar-refractivity contribution in [3.63, 3.8) is 0 Å². The summed E-state index contributed by atoms with van der Waals surface area (Å²) in [5, 5.41) is 0.744. The monoisotopic (exact) mass is 254 g/mol. The Hall–Kier alpha value is -0.450. The summed E-state index contributed by atoms with van der Waals surface area (Å²) in [5.74, 6) is 3.19. The molecule has 96 valence electrons. The minimum Gasteiger partial charge on any atom is -0.465 e. The van der Waals surface area contributed by atoms with Crippen molar-refractivity contribution in [1.82, 2.24) is 4.90 Å². The molecule has 2 atom stereocenters. The van der Waals surface area contributed by atoms with Crippen molar-refractivity contribution < 1.29 is 4.42 Å². The molecule has 3 nitrogen and oxygen atoms in total. The Kier molecular flexibility index (Phi) is 4.54. The van der Waals surface area contributed by atoms with E-state index in [1.807, 2.05) is 13.0 Å². The predicted octanol–water partition coefficient (Wildman–Crippen LogP) is 2.42. The van der Waals surface area contributed by atoms with Crippen LogP contribution in [0.25, 0.3) is 0 Å². The average molecular weight is 254 g/mol. The van der Waals surface area contributed by atoms with E-state index in [4.69, 9.17) is 10.2 Å². The number of hydrogen-bond donors (Lipinski definition) is 1. The third-order valence-electron chi connectivity index (χ3n) is 3.38.